The van der Waals surface area contributed by atoms with Crippen molar-refractivity contribution >= 4 is 35.6 Å². The Morgan fingerprint density at radius 3 is 2.75 bits per heavy atom. The molecule has 1 fully saturated rings. The number of aromatic nitrogens is 3. The van der Waals surface area contributed by atoms with Gasteiger partial charge in [-0.1, -0.05) is 22.9 Å². The van der Waals surface area contributed by atoms with E-state index in [1.807, 2.05) is 30.7 Å². The van der Waals surface area contributed by atoms with Crippen LogP contribution in [-0.4, -0.2) is 34.0 Å². The van der Waals surface area contributed by atoms with Crippen molar-refractivity contribution in [3.05, 3.63) is 40.2 Å². The third kappa shape index (κ3) is 3.88. The van der Waals surface area contributed by atoms with Crippen molar-refractivity contribution < 1.29 is 4.79 Å². The lowest BCUT2D eigenvalue weighted by Gasteiger charge is -2.23. The fraction of sp³-hybridized carbons (Fsp3) is 0.438. The van der Waals surface area contributed by atoms with Crippen LogP contribution in [0.5, 0.6) is 0 Å². The summed E-state index contributed by atoms with van der Waals surface area (Å²) in [5.74, 6) is -0.282. The molecule has 0 radical (unpaired) electrons. The van der Waals surface area contributed by atoms with Gasteiger partial charge in [0.1, 0.15) is 0 Å². The summed E-state index contributed by atoms with van der Waals surface area (Å²) >= 11 is 6.13. The van der Waals surface area contributed by atoms with Crippen LogP contribution in [0.2, 0.25) is 5.02 Å². The van der Waals surface area contributed by atoms with Gasteiger partial charge in [-0.05, 0) is 57.5 Å². The van der Waals surface area contributed by atoms with Gasteiger partial charge < -0.3 is 10.6 Å². The predicted molar refractivity (Wildman–Crippen MR) is 97.3 cm³/mol. The molecule has 0 spiro atoms. The highest BCUT2D eigenvalue weighted by atomic mass is 35.5. The first-order chi connectivity index (χ1) is 11.1. The van der Waals surface area contributed by atoms with Gasteiger partial charge in [-0.25, -0.2) is 4.68 Å². The van der Waals surface area contributed by atoms with Crippen molar-refractivity contribution in [1.82, 2.24) is 20.3 Å². The average molecular weight is 370 g/mol. The van der Waals surface area contributed by atoms with Gasteiger partial charge in [0.15, 0.2) is 5.69 Å². The first-order valence-electron chi connectivity index (χ1n) is 7.76. The summed E-state index contributed by atoms with van der Waals surface area (Å²) in [5, 5.41) is 14.9. The SMILES string of the molecule is Cc1ccc(Cl)c(NC(=O)c2nnn(C3CCNCC3)c2C)c1.Cl. The second kappa shape index (κ2) is 7.96. The first-order valence-corrected chi connectivity index (χ1v) is 8.14. The van der Waals surface area contributed by atoms with Crippen LogP contribution in [0.25, 0.3) is 0 Å². The Morgan fingerprint density at radius 2 is 2.04 bits per heavy atom. The largest absolute Gasteiger partial charge is 0.319 e. The number of carbonyl (C=O) groups excluding carboxylic acids is 1. The molecule has 2 N–H and O–H groups in total. The Labute approximate surface area is 152 Å². The molecule has 24 heavy (non-hydrogen) atoms. The van der Waals surface area contributed by atoms with E-state index in [0.29, 0.717) is 22.4 Å². The summed E-state index contributed by atoms with van der Waals surface area (Å²) in [6.07, 6.45) is 1.99. The minimum absolute atomic E-state index is 0. The highest BCUT2D eigenvalue weighted by Gasteiger charge is 2.23. The van der Waals surface area contributed by atoms with Crippen molar-refractivity contribution in [2.24, 2.45) is 0 Å². The van der Waals surface area contributed by atoms with E-state index in [2.05, 4.69) is 20.9 Å². The van der Waals surface area contributed by atoms with Gasteiger partial charge in [0.25, 0.3) is 5.91 Å². The number of hydrogen-bond donors (Lipinski definition) is 2. The molecule has 1 saturated heterocycles. The number of aryl methyl sites for hydroxylation is 1. The van der Waals surface area contributed by atoms with Crippen LogP contribution >= 0.6 is 24.0 Å². The normalized spacial score (nSPS) is 15.0. The van der Waals surface area contributed by atoms with Crippen LogP contribution in [0.15, 0.2) is 18.2 Å². The van der Waals surface area contributed by atoms with Gasteiger partial charge in [-0.15, -0.1) is 17.5 Å². The van der Waals surface area contributed by atoms with E-state index in [0.717, 1.165) is 37.2 Å². The van der Waals surface area contributed by atoms with Gasteiger partial charge in [-0.2, -0.15) is 0 Å². The predicted octanol–water partition coefficient (Wildman–Crippen LogP) is 3.15. The standard InChI is InChI=1S/C16H20ClN5O.ClH/c1-10-3-4-13(17)14(9-10)19-16(23)15-11(2)22(21-20-15)12-5-7-18-8-6-12;/h3-4,9,12,18H,5-8H2,1-2H3,(H,19,23);1H. The highest BCUT2D eigenvalue weighted by Crippen LogP contribution is 2.24. The zero-order chi connectivity index (χ0) is 16.4. The van der Waals surface area contributed by atoms with Crippen LogP contribution in [0.3, 0.4) is 0 Å². The van der Waals surface area contributed by atoms with Crippen molar-refractivity contribution in [3.8, 4) is 0 Å². The molecule has 130 valence electrons. The molecular weight excluding hydrogens is 349 g/mol. The molecular formula is C16H21Cl2N5O. The lowest BCUT2D eigenvalue weighted by atomic mass is 10.1. The second-order valence-corrected chi connectivity index (χ2v) is 6.29. The van der Waals surface area contributed by atoms with E-state index in [1.54, 1.807) is 6.07 Å². The first kappa shape index (κ1) is 18.7. The number of anilines is 1. The Kier molecular flexibility index (Phi) is 6.21. The summed E-state index contributed by atoms with van der Waals surface area (Å²) < 4.78 is 1.87. The topological polar surface area (TPSA) is 71.8 Å². The number of nitrogens with zero attached hydrogens (tertiary/aromatic N) is 3. The summed E-state index contributed by atoms with van der Waals surface area (Å²) in [7, 11) is 0. The Hall–Kier alpha value is -1.63. The molecule has 0 atom stereocenters. The lowest BCUT2D eigenvalue weighted by Crippen LogP contribution is -2.30. The van der Waals surface area contributed by atoms with Crippen LogP contribution in [0, 0.1) is 13.8 Å². The Bertz CT molecular complexity index is 725. The van der Waals surface area contributed by atoms with Crippen LogP contribution < -0.4 is 10.6 Å². The zero-order valence-electron chi connectivity index (χ0n) is 13.7. The number of halogens is 2. The molecule has 1 amide bonds. The van der Waals surface area contributed by atoms with E-state index in [1.165, 1.54) is 0 Å². The lowest BCUT2D eigenvalue weighted by molar-refractivity contribution is 0.102. The van der Waals surface area contributed by atoms with Crippen molar-refractivity contribution in [1.29, 1.82) is 0 Å². The van der Waals surface area contributed by atoms with Gasteiger partial charge >= 0.3 is 0 Å². The summed E-state index contributed by atoms with van der Waals surface area (Å²) in [6.45, 7) is 5.76. The smallest absolute Gasteiger partial charge is 0.278 e. The fourth-order valence-corrected chi connectivity index (χ4v) is 3.03. The third-order valence-corrected chi connectivity index (χ3v) is 4.50. The molecule has 0 bridgehead atoms. The maximum Gasteiger partial charge on any atom is 0.278 e. The van der Waals surface area contributed by atoms with E-state index >= 15 is 0 Å². The quantitative estimate of drug-likeness (QED) is 0.871. The fourth-order valence-electron chi connectivity index (χ4n) is 2.87. The molecule has 1 aromatic carbocycles. The van der Waals surface area contributed by atoms with Gasteiger partial charge in [-0.3, -0.25) is 4.79 Å². The number of hydrogen-bond acceptors (Lipinski definition) is 4. The average Bonchev–Trinajstić information content (AvgIpc) is 2.93. The molecule has 8 heteroatoms. The molecule has 0 aliphatic carbocycles. The molecule has 6 nitrogen and oxygen atoms in total. The zero-order valence-corrected chi connectivity index (χ0v) is 15.2. The number of carbonyl (C=O) groups is 1. The van der Waals surface area contributed by atoms with Gasteiger partial charge in [0, 0.05) is 0 Å². The molecule has 1 aliphatic heterocycles. The minimum Gasteiger partial charge on any atom is -0.319 e. The number of nitrogens with one attached hydrogen (secondary N) is 2. The number of rotatable bonds is 3. The van der Waals surface area contributed by atoms with Crippen LogP contribution in [0.4, 0.5) is 5.69 Å². The van der Waals surface area contributed by atoms with Gasteiger partial charge in [0.05, 0.1) is 22.4 Å². The molecule has 3 rings (SSSR count). The van der Waals surface area contributed by atoms with E-state index in [4.69, 9.17) is 11.6 Å². The molecule has 2 aromatic rings. The van der Waals surface area contributed by atoms with Crippen LogP contribution in [-0.2, 0) is 0 Å². The number of amides is 1. The molecule has 1 aromatic heterocycles. The molecule has 1 aliphatic rings. The number of benzene rings is 1. The Balaban J connectivity index is 0.00000208. The van der Waals surface area contributed by atoms with Crippen molar-refractivity contribution in [2.75, 3.05) is 18.4 Å². The second-order valence-electron chi connectivity index (χ2n) is 5.89. The molecule has 2 heterocycles. The Morgan fingerprint density at radius 1 is 1.33 bits per heavy atom. The third-order valence-electron chi connectivity index (χ3n) is 4.17. The molecule has 0 saturated carbocycles. The monoisotopic (exact) mass is 369 g/mol. The maximum atomic E-state index is 12.5. The van der Waals surface area contributed by atoms with E-state index in [9.17, 15) is 4.79 Å². The van der Waals surface area contributed by atoms with E-state index in [-0.39, 0.29) is 18.3 Å². The maximum absolute atomic E-state index is 12.5. The number of piperidine rings is 1. The van der Waals surface area contributed by atoms with Crippen molar-refractivity contribution in [2.45, 2.75) is 32.7 Å². The minimum atomic E-state index is -0.282. The summed E-state index contributed by atoms with van der Waals surface area (Å²) in [6, 6.07) is 5.81. The van der Waals surface area contributed by atoms with E-state index < -0.39 is 0 Å². The van der Waals surface area contributed by atoms with Crippen molar-refractivity contribution in [3.63, 3.8) is 0 Å². The highest BCUT2D eigenvalue weighted by molar-refractivity contribution is 6.33. The van der Waals surface area contributed by atoms with Crippen LogP contribution in [0.1, 0.15) is 40.6 Å². The summed E-state index contributed by atoms with van der Waals surface area (Å²) in [4.78, 5) is 12.5. The summed E-state index contributed by atoms with van der Waals surface area (Å²) in [5.41, 5.74) is 2.76. The van der Waals surface area contributed by atoms with Gasteiger partial charge in [0.2, 0.25) is 0 Å². The molecule has 0 unspecified atom stereocenters.